The van der Waals surface area contributed by atoms with Crippen LogP contribution in [0.15, 0.2) is 67.4 Å². The Morgan fingerprint density at radius 1 is 1.24 bits per heavy atom. The van der Waals surface area contributed by atoms with E-state index in [-0.39, 0.29) is 0 Å². The van der Waals surface area contributed by atoms with E-state index in [1.54, 1.807) is 6.20 Å². The van der Waals surface area contributed by atoms with Crippen LogP contribution in [0.5, 0.6) is 0 Å². The van der Waals surface area contributed by atoms with Crippen molar-refractivity contribution in [3.8, 4) is 0 Å². The molecule has 106 valence electrons. The van der Waals surface area contributed by atoms with Crippen molar-refractivity contribution in [2.24, 2.45) is 7.05 Å². The molecule has 0 aliphatic carbocycles. The molecule has 3 aromatic rings. The van der Waals surface area contributed by atoms with E-state index < -0.39 is 0 Å². The molecule has 21 heavy (non-hydrogen) atoms. The average molecular weight is 278 g/mol. The first kappa shape index (κ1) is 13.2. The molecule has 0 radical (unpaired) electrons. The predicted octanol–water partition coefficient (Wildman–Crippen LogP) is 3.59. The van der Waals surface area contributed by atoms with E-state index in [0.717, 1.165) is 17.2 Å². The quantitative estimate of drug-likeness (QED) is 0.791. The Morgan fingerprint density at radius 2 is 2.10 bits per heavy atom. The fourth-order valence-corrected chi connectivity index (χ4v) is 2.36. The van der Waals surface area contributed by atoms with E-state index in [0.29, 0.717) is 0 Å². The smallest absolute Gasteiger partial charge is 0.103 e. The number of rotatable bonds is 4. The number of anilines is 2. The number of nitrogens with zero attached hydrogens (tertiary/aromatic N) is 3. The van der Waals surface area contributed by atoms with Crippen LogP contribution >= 0.6 is 0 Å². The van der Waals surface area contributed by atoms with Crippen LogP contribution in [0.3, 0.4) is 0 Å². The summed E-state index contributed by atoms with van der Waals surface area (Å²) in [5, 5.41) is 4.57. The van der Waals surface area contributed by atoms with Gasteiger partial charge in [-0.3, -0.25) is 4.98 Å². The Hall–Kier alpha value is -2.75. The van der Waals surface area contributed by atoms with Crippen molar-refractivity contribution >= 4 is 22.3 Å². The van der Waals surface area contributed by atoms with Crippen molar-refractivity contribution in [1.29, 1.82) is 0 Å². The van der Waals surface area contributed by atoms with E-state index >= 15 is 0 Å². The Labute approximate surface area is 124 Å². The first-order chi connectivity index (χ1) is 10.2. The molecule has 3 rings (SSSR count). The fraction of sp³-hybridized carbons (Fsp3) is 0.118. The maximum absolute atomic E-state index is 4.13. The largest absolute Gasteiger partial charge is 0.350 e. The van der Waals surface area contributed by atoms with Gasteiger partial charge in [0, 0.05) is 43.1 Å². The van der Waals surface area contributed by atoms with Crippen LogP contribution in [0.1, 0.15) is 0 Å². The van der Waals surface area contributed by atoms with Gasteiger partial charge in [0.2, 0.25) is 0 Å². The van der Waals surface area contributed by atoms with Gasteiger partial charge in [-0.05, 0) is 30.3 Å². The second kappa shape index (κ2) is 5.32. The van der Waals surface area contributed by atoms with Crippen LogP contribution in [-0.2, 0) is 7.05 Å². The first-order valence-corrected chi connectivity index (χ1v) is 6.80. The molecule has 0 amide bonds. The van der Waals surface area contributed by atoms with Crippen LogP contribution in [0.2, 0.25) is 0 Å². The molecule has 0 unspecified atom stereocenters. The Morgan fingerprint density at radius 3 is 2.86 bits per heavy atom. The average Bonchev–Trinajstić information content (AvgIpc) is 2.90. The maximum atomic E-state index is 4.13. The standard InChI is InChI=1S/C17H18N4/c1-13(21(3)14-6-5-10-18-12-14)19-16-7-4-8-17-15(16)9-11-20(17)2/h4-12,19H,1H2,2-3H3. The molecule has 0 saturated heterocycles. The highest BCUT2D eigenvalue weighted by Crippen LogP contribution is 2.26. The predicted molar refractivity (Wildman–Crippen MR) is 88.3 cm³/mol. The van der Waals surface area contributed by atoms with Gasteiger partial charge in [-0.2, -0.15) is 0 Å². The lowest BCUT2D eigenvalue weighted by molar-refractivity contribution is 0.969. The zero-order chi connectivity index (χ0) is 14.8. The van der Waals surface area contributed by atoms with Crippen LogP contribution in [-0.4, -0.2) is 16.6 Å². The van der Waals surface area contributed by atoms with Crippen LogP contribution in [0, 0.1) is 0 Å². The lowest BCUT2D eigenvalue weighted by Gasteiger charge is -2.22. The molecule has 4 nitrogen and oxygen atoms in total. The number of hydrogen-bond donors (Lipinski definition) is 1. The third-order valence-electron chi connectivity index (χ3n) is 3.64. The SMILES string of the molecule is C=C(Nc1cccc2c1ccn2C)N(C)c1cccnc1. The van der Waals surface area contributed by atoms with Gasteiger partial charge in [0.1, 0.15) is 5.82 Å². The van der Waals surface area contributed by atoms with E-state index in [2.05, 4.69) is 45.8 Å². The first-order valence-electron chi connectivity index (χ1n) is 6.80. The van der Waals surface area contributed by atoms with E-state index in [4.69, 9.17) is 0 Å². The summed E-state index contributed by atoms with van der Waals surface area (Å²) in [7, 11) is 4.01. The molecular formula is C17H18N4. The van der Waals surface area contributed by atoms with Crippen molar-refractivity contribution in [2.45, 2.75) is 0 Å². The summed E-state index contributed by atoms with van der Waals surface area (Å²) in [5.41, 5.74) is 3.24. The molecule has 2 aromatic heterocycles. The highest BCUT2D eigenvalue weighted by atomic mass is 15.2. The van der Waals surface area contributed by atoms with Gasteiger partial charge in [-0.15, -0.1) is 0 Å². The lowest BCUT2D eigenvalue weighted by atomic mass is 10.2. The minimum absolute atomic E-state index is 0.805. The summed E-state index contributed by atoms with van der Waals surface area (Å²) < 4.78 is 2.11. The van der Waals surface area contributed by atoms with Gasteiger partial charge in [0.15, 0.2) is 0 Å². The van der Waals surface area contributed by atoms with Crippen molar-refractivity contribution in [1.82, 2.24) is 9.55 Å². The zero-order valence-electron chi connectivity index (χ0n) is 12.2. The van der Waals surface area contributed by atoms with Gasteiger partial charge in [-0.25, -0.2) is 0 Å². The molecule has 1 N–H and O–H groups in total. The molecule has 1 aromatic carbocycles. The van der Waals surface area contributed by atoms with Gasteiger partial charge in [-0.1, -0.05) is 12.6 Å². The Kier molecular flexibility index (Phi) is 3.36. The summed E-state index contributed by atoms with van der Waals surface area (Å²) in [4.78, 5) is 6.12. The summed E-state index contributed by atoms with van der Waals surface area (Å²) in [6.45, 7) is 4.12. The number of aromatic nitrogens is 2. The number of benzene rings is 1. The topological polar surface area (TPSA) is 33.1 Å². The Balaban J connectivity index is 1.87. The number of aryl methyl sites for hydroxylation is 1. The summed E-state index contributed by atoms with van der Waals surface area (Å²) in [5.74, 6) is 0.805. The molecule has 2 heterocycles. The second-order valence-electron chi connectivity index (χ2n) is 5.01. The van der Waals surface area contributed by atoms with Crippen LogP contribution < -0.4 is 10.2 Å². The normalized spacial score (nSPS) is 10.6. The van der Waals surface area contributed by atoms with E-state index in [1.165, 1.54) is 10.9 Å². The minimum atomic E-state index is 0.805. The fourth-order valence-electron chi connectivity index (χ4n) is 2.36. The van der Waals surface area contributed by atoms with Crippen molar-refractivity contribution < 1.29 is 0 Å². The summed E-state index contributed by atoms with van der Waals surface area (Å²) >= 11 is 0. The molecule has 0 fully saturated rings. The van der Waals surface area contributed by atoms with Gasteiger partial charge < -0.3 is 14.8 Å². The van der Waals surface area contributed by atoms with Gasteiger partial charge in [0.25, 0.3) is 0 Å². The molecule has 0 aliphatic rings. The summed E-state index contributed by atoms with van der Waals surface area (Å²) in [6, 6.07) is 12.2. The third kappa shape index (κ3) is 2.48. The molecule has 0 bridgehead atoms. The molecule has 0 saturated carbocycles. The molecule has 0 aliphatic heterocycles. The van der Waals surface area contributed by atoms with Gasteiger partial charge in [0.05, 0.1) is 11.9 Å². The highest BCUT2D eigenvalue weighted by Gasteiger charge is 2.08. The minimum Gasteiger partial charge on any atom is -0.350 e. The van der Waals surface area contributed by atoms with Crippen LogP contribution in [0.25, 0.3) is 10.9 Å². The molecule has 0 atom stereocenters. The molecule has 0 spiro atoms. The zero-order valence-corrected chi connectivity index (χ0v) is 12.2. The Bertz CT molecular complexity index is 774. The summed E-state index contributed by atoms with van der Waals surface area (Å²) in [6.07, 6.45) is 5.64. The van der Waals surface area contributed by atoms with E-state index in [1.807, 2.05) is 43.4 Å². The molecular weight excluding hydrogens is 260 g/mol. The number of fused-ring (bicyclic) bond motifs is 1. The van der Waals surface area contributed by atoms with Crippen molar-refractivity contribution in [2.75, 3.05) is 17.3 Å². The van der Waals surface area contributed by atoms with Crippen molar-refractivity contribution in [3.05, 3.63) is 67.4 Å². The monoisotopic (exact) mass is 278 g/mol. The number of nitrogens with one attached hydrogen (secondary N) is 1. The number of hydrogen-bond acceptors (Lipinski definition) is 3. The molecule has 4 heteroatoms. The third-order valence-corrected chi connectivity index (χ3v) is 3.64. The van der Waals surface area contributed by atoms with Crippen LogP contribution in [0.4, 0.5) is 11.4 Å². The highest BCUT2D eigenvalue weighted by molar-refractivity contribution is 5.93. The lowest BCUT2D eigenvalue weighted by Crippen LogP contribution is -2.21. The number of pyridine rings is 1. The van der Waals surface area contributed by atoms with Gasteiger partial charge >= 0.3 is 0 Å². The van der Waals surface area contributed by atoms with E-state index in [9.17, 15) is 0 Å². The second-order valence-corrected chi connectivity index (χ2v) is 5.01. The maximum Gasteiger partial charge on any atom is 0.103 e. The van der Waals surface area contributed by atoms with Crippen molar-refractivity contribution in [3.63, 3.8) is 0 Å².